The summed E-state index contributed by atoms with van der Waals surface area (Å²) in [5.41, 5.74) is -1.87. The Morgan fingerprint density at radius 3 is 1.78 bits per heavy atom. The standard InChI is InChI=1S/C12H4ClF5/c13-5-2-1-3-6(14)9(5)10-11(17)7(15)4-8(16)12(10)18/h1-4H. The van der Waals surface area contributed by atoms with Gasteiger partial charge in [-0.3, -0.25) is 0 Å². The van der Waals surface area contributed by atoms with E-state index < -0.39 is 40.2 Å². The van der Waals surface area contributed by atoms with E-state index in [-0.39, 0.29) is 11.1 Å². The zero-order valence-corrected chi connectivity index (χ0v) is 9.33. The van der Waals surface area contributed by atoms with Gasteiger partial charge in [-0.1, -0.05) is 17.7 Å². The van der Waals surface area contributed by atoms with Crippen LogP contribution in [0.2, 0.25) is 5.02 Å². The van der Waals surface area contributed by atoms with E-state index in [1.807, 2.05) is 0 Å². The molecule has 0 bridgehead atoms. The molecule has 0 amide bonds. The molecule has 0 aliphatic carbocycles. The van der Waals surface area contributed by atoms with E-state index in [4.69, 9.17) is 11.6 Å². The molecule has 6 heteroatoms. The van der Waals surface area contributed by atoms with Gasteiger partial charge in [0.1, 0.15) is 5.82 Å². The molecule has 0 heterocycles. The summed E-state index contributed by atoms with van der Waals surface area (Å²) in [4.78, 5) is 0. The van der Waals surface area contributed by atoms with Crippen LogP contribution in [0.1, 0.15) is 0 Å². The van der Waals surface area contributed by atoms with Crippen molar-refractivity contribution in [3.8, 4) is 11.1 Å². The number of hydrogen-bond acceptors (Lipinski definition) is 0. The Balaban J connectivity index is 2.87. The molecular formula is C12H4ClF5. The number of hydrogen-bond donors (Lipinski definition) is 0. The minimum absolute atomic E-state index is 0.0446. The predicted molar refractivity (Wildman–Crippen MR) is 56.7 cm³/mol. The Hall–Kier alpha value is -1.62. The van der Waals surface area contributed by atoms with Gasteiger partial charge in [0.15, 0.2) is 23.3 Å². The molecule has 0 nitrogen and oxygen atoms in total. The molecule has 94 valence electrons. The summed E-state index contributed by atoms with van der Waals surface area (Å²) in [7, 11) is 0. The summed E-state index contributed by atoms with van der Waals surface area (Å²) < 4.78 is 66.5. The Labute approximate surface area is 104 Å². The van der Waals surface area contributed by atoms with Crippen molar-refractivity contribution in [1.82, 2.24) is 0 Å². The van der Waals surface area contributed by atoms with Crippen LogP contribution in [0.4, 0.5) is 22.0 Å². The lowest BCUT2D eigenvalue weighted by Crippen LogP contribution is -2.00. The molecule has 2 aromatic rings. The second-order valence-corrected chi connectivity index (χ2v) is 3.85. The van der Waals surface area contributed by atoms with Gasteiger partial charge in [0, 0.05) is 11.6 Å². The first-order chi connectivity index (χ1) is 8.43. The van der Waals surface area contributed by atoms with Gasteiger partial charge >= 0.3 is 0 Å². The maximum atomic E-state index is 13.5. The number of benzene rings is 2. The zero-order chi connectivity index (χ0) is 13.4. The monoisotopic (exact) mass is 278 g/mol. The average Bonchev–Trinajstić information content (AvgIpc) is 2.30. The topological polar surface area (TPSA) is 0 Å². The highest BCUT2D eigenvalue weighted by molar-refractivity contribution is 6.33. The van der Waals surface area contributed by atoms with Crippen LogP contribution >= 0.6 is 11.6 Å². The van der Waals surface area contributed by atoms with Crippen LogP contribution in [-0.4, -0.2) is 0 Å². The molecule has 0 aliphatic heterocycles. The fourth-order valence-corrected chi connectivity index (χ4v) is 1.79. The van der Waals surface area contributed by atoms with Crippen molar-refractivity contribution in [2.24, 2.45) is 0 Å². The third-order valence-electron chi connectivity index (χ3n) is 2.32. The molecule has 0 fully saturated rings. The van der Waals surface area contributed by atoms with E-state index in [0.717, 1.165) is 12.1 Å². The Morgan fingerprint density at radius 2 is 1.28 bits per heavy atom. The maximum Gasteiger partial charge on any atom is 0.169 e. The number of rotatable bonds is 1. The van der Waals surface area contributed by atoms with Crippen LogP contribution in [0, 0.1) is 29.1 Å². The van der Waals surface area contributed by atoms with Gasteiger partial charge in [-0.15, -0.1) is 0 Å². The molecule has 2 rings (SSSR count). The summed E-state index contributed by atoms with van der Waals surface area (Å²) in [6.45, 7) is 0. The summed E-state index contributed by atoms with van der Waals surface area (Å²) in [6, 6.07) is 3.28. The van der Waals surface area contributed by atoms with Gasteiger partial charge in [-0.05, 0) is 12.1 Å². The van der Waals surface area contributed by atoms with Crippen molar-refractivity contribution < 1.29 is 22.0 Å². The first-order valence-electron chi connectivity index (χ1n) is 4.71. The van der Waals surface area contributed by atoms with Gasteiger partial charge < -0.3 is 0 Å². The fourth-order valence-electron chi connectivity index (χ4n) is 1.53. The van der Waals surface area contributed by atoms with E-state index in [2.05, 4.69) is 0 Å². The largest absolute Gasteiger partial charge is 0.206 e. The van der Waals surface area contributed by atoms with Crippen molar-refractivity contribution in [2.45, 2.75) is 0 Å². The van der Waals surface area contributed by atoms with E-state index >= 15 is 0 Å². The van der Waals surface area contributed by atoms with Crippen LogP contribution in [0.15, 0.2) is 24.3 Å². The molecule has 0 aliphatic rings. The predicted octanol–water partition coefficient (Wildman–Crippen LogP) is 4.70. The third-order valence-corrected chi connectivity index (χ3v) is 2.64. The third kappa shape index (κ3) is 1.95. The molecule has 2 aromatic carbocycles. The van der Waals surface area contributed by atoms with E-state index in [9.17, 15) is 22.0 Å². The SMILES string of the molecule is Fc1cc(F)c(F)c(-c2c(F)cccc2Cl)c1F. The lowest BCUT2D eigenvalue weighted by molar-refractivity contribution is 0.457. The van der Waals surface area contributed by atoms with Crippen molar-refractivity contribution >= 4 is 11.6 Å². The van der Waals surface area contributed by atoms with Crippen LogP contribution in [-0.2, 0) is 0 Å². The lowest BCUT2D eigenvalue weighted by Gasteiger charge is -2.09. The molecule has 0 atom stereocenters. The average molecular weight is 279 g/mol. The summed E-state index contributed by atoms with van der Waals surface area (Å²) in [5, 5.41) is -0.349. The van der Waals surface area contributed by atoms with E-state index in [0.29, 0.717) is 0 Å². The van der Waals surface area contributed by atoms with Gasteiger partial charge in [-0.25, -0.2) is 22.0 Å². The molecule has 18 heavy (non-hydrogen) atoms. The van der Waals surface area contributed by atoms with Crippen molar-refractivity contribution in [3.05, 3.63) is 58.4 Å². The minimum atomic E-state index is -1.69. The maximum absolute atomic E-state index is 13.5. The summed E-state index contributed by atoms with van der Waals surface area (Å²) in [6.07, 6.45) is 0. The van der Waals surface area contributed by atoms with E-state index in [1.165, 1.54) is 6.07 Å². The van der Waals surface area contributed by atoms with Crippen molar-refractivity contribution in [3.63, 3.8) is 0 Å². The van der Waals surface area contributed by atoms with E-state index in [1.54, 1.807) is 0 Å². The highest BCUT2D eigenvalue weighted by Gasteiger charge is 2.24. The summed E-state index contributed by atoms with van der Waals surface area (Å²) >= 11 is 5.59. The van der Waals surface area contributed by atoms with Crippen LogP contribution < -0.4 is 0 Å². The number of halogens is 6. The molecule has 0 radical (unpaired) electrons. The highest BCUT2D eigenvalue weighted by atomic mass is 35.5. The normalized spacial score (nSPS) is 10.8. The van der Waals surface area contributed by atoms with Gasteiger partial charge in [0.2, 0.25) is 0 Å². The van der Waals surface area contributed by atoms with Gasteiger partial charge in [0.05, 0.1) is 10.6 Å². The van der Waals surface area contributed by atoms with Crippen molar-refractivity contribution in [2.75, 3.05) is 0 Å². The summed E-state index contributed by atoms with van der Waals surface area (Å²) in [5.74, 6) is -7.71. The first-order valence-corrected chi connectivity index (χ1v) is 5.08. The Morgan fingerprint density at radius 1 is 0.722 bits per heavy atom. The molecular weight excluding hydrogens is 275 g/mol. The molecule has 0 unspecified atom stereocenters. The van der Waals surface area contributed by atoms with Crippen LogP contribution in [0.3, 0.4) is 0 Å². The zero-order valence-electron chi connectivity index (χ0n) is 8.58. The second-order valence-electron chi connectivity index (χ2n) is 3.44. The fraction of sp³-hybridized carbons (Fsp3) is 0. The lowest BCUT2D eigenvalue weighted by atomic mass is 10.0. The molecule has 0 N–H and O–H groups in total. The molecule has 0 spiro atoms. The Bertz CT molecular complexity index is 578. The highest BCUT2D eigenvalue weighted by Crippen LogP contribution is 2.35. The van der Waals surface area contributed by atoms with Gasteiger partial charge in [-0.2, -0.15) is 0 Å². The molecule has 0 saturated heterocycles. The van der Waals surface area contributed by atoms with Crippen LogP contribution in [0.25, 0.3) is 11.1 Å². The second kappa shape index (κ2) is 4.57. The molecule has 0 aromatic heterocycles. The van der Waals surface area contributed by atoms with Crippen molar-refractivity contribution in [1.29, 1.82) is 0 Å². The van der Waals surface area contributed by atoms with Gasteiger partial charge in [0.25, 0.3) is 0 Å². The smallest absolute Gasteiger partial charge is 0.169 e. The molecule has 0 saturated carbocycles. The Kier molecular flexibility index (Phi) is 3.26. The van der Waals surface area contributed by atoms with Crippen LogP contribution in [0.5, 0.6) is 0 Å². The minimum Gasteiger partial charge on any atom is -0.206 e. The quantitative estimate of drug-likeness (QED) is 0.524. The first kappa shape index (κ1) is 12.8.